The van der Waals surface area contributed by atoms with Crippen molar-refractivity contribution in [3.63, 3.8) is 0 Å². The Morgan fingerprint density at radius 2 is 1.40 bits per heavy atom. The van der Waals surface area contributed by atoms with Gasteiger partial charge in [-0.25, -0.2) is 8.42 Å². The van der Waals surface area contributed by atoms with Crippen LogP contribution in [-0.2, 0) is 61.6 Å². The highest BCUT2D eigenvalue weighted by Crippen LogP contribution is 2.50. The van der Waals surface area contributed by atoms with E-state index in [0.717, 1.165) is 27.7 Å². The lowest BCUT2D eigenvalue weighted by Gasteiger charge is -2.44. The zero-order valence-electron chi connectivity index (χ0n) is 20.4. The predicted molar refractivity (Wildman–Crippen MR) is 119 cm³/mol. The first-order valence-electron chi connectivity index (χ1n) is 10.7. The molecular formula is C19H32NO13PS. The van der Waals surface area contributed by atoms with Crippen LogP contribution >= 0.6 is 7.60 Å². The summed E-state index contributed by atoms with van der Waals surface area (Å²) in [5.74, 6) is -3.21. The van der Waals surface area contributed by atoms with Gasteiger partial charge in [0.25, 0.3) is 0 Å². The van der Waals surface area contributed by atoms with E-state index in [1.807, 2.05) is 0 Å². The monoisotopic (exact) mass is 545 g/mol. The van der Waals surface area contributed by atoms with Crippen molar-refractivity contribution in [2.24, 2.45) is 0 Å². The van der Waals surface area contributed by atoms with E-state index in [9.17, 15) is 32.2 Å². The van der Waals surface area contributed by atoms with Crippen LogP contribution in [0.15, 0.2) is 0 Å². The molecular weight excluding hydrogens is 513 g/mol. The van der Waals surface area contributed by atoms with Crippen LogP contribution in [0.1, 0.15) is 41.5 Å². The first-order valence-corrected chi connectivity index (χ1v) is 14.1. The first kappa shape index (κ1) is 31.0. The molecule has 5 atom stereocenters. The number of rotatable bonds is 12. The van der Waals surface area contributed by atoms with Crippen LogP contribution in [0.5, 0.6) is 0 Å². The van der Waals surface area contributed by atoms with Crippen molar-refractivity contribution in [3.05, 3.63) is 0 Å². The van der Waals surface area contributed by atoms with Gasteiger partial charge in [-0.15, -0.1) is 0 Å². The number of esters is 3. The van der Waals surface area contributed by atoms with Gasteiger partial charge in [0.05, 0.1) is 13.2 Å². The summed E-state index contributed by atoms with van der Waals surface area (Å²) >= 11 is 0. The predicted octanol–water partition coefficient (Wildman–Crippen LogP) is 0.281. The Labute approximate surface area is 203 Å². The van der Waals surface area contributed by atoms with E-state index in [-0.39, 0.29) is 13.2 Å². The van der Waals surface area contributed by atoms with Crippen molar-refractivity contribution >= 4 is 41.2 Å². The number of amides is 1. The Bertz CT molecular complexity index is 927. The molecule has 0 saturated carbocycles. The van der Waals surface area contributed by atoms with Crippen LogP contribution in [0.2, 0.25) is 0 Å². The fourth-order valence-electron chi connectivity index (χ4n) is 3.40. The summed E-state index contributed by atoms with van der Waals surface area (Å²) in [6, 6.07) is -1.60. The van der Waals surface area contributed by atoms with Gasteiger partial charge in [0, 0.05) is 27.7 Å². The maximum atomic E-state index is 13.4. The third kappa shape index (κ3) is 9.49. The topological polar surface area (TPSA) is 187 Å². The Hall–Kier alpha value is -2.06. The Morgan fingerprint density at radius 1 is 0.886 bits per heavy atom. The molecule has 0 bridgehead atoms. The van der Waals surface area contributed by atoms with Crippen molar-refractivity contribution in [1.29, 1.82) is 0 Å². The zero-order chi connectivity index (χ0) is 27.0. The molecule has 202 valence electrons. The highest BCUT2D eigenvalue weighted by molar-refractivity contribution is 7.98. The number of nitrogens with one attached hydrogen (secondary N) is 1. The third-order valence-electron chi connectivity index (χ3n) is 4.41. The van der Waals surface area contributed by atoms with Crippen molar-refractivity contribution < 1.29 is 60.2 Å². The third-order valence-corrected chi connectivity index (χ3v) is 9.53. The molecule has 1 fully saturated rings. The van der Waals surface area contributed by atoms with Gasteiger partial charge in [-0.05, 0) is 13.8 Å². The average Bonchev–Trinajstić information content (AvgIpc) is 2.68. The van der Waals surface area contributed by atoms with Crippen molar-refractivity contribution in [1.82, 2.24) is 5.32 Å². The molecule has 0 aromatic rings. The van der Waals surface area contributed by atoms with Crippen LogP contribution in [0.4, 0.5) is 0 Å². The second-order valence-electron chi connectivity index (χ2n) is 7.46. The number of hydrogen-bond acceptors (Lipinski definition) is 13. The summed E-state index contributed by atoms with van der Waals surface area (Å²) in [4.78, 5) is 47.0. The van der Waals surface area contributed by atoms with Crippen LogP contribution in [0, 0.1) is 0 Å². The summed E-state index contributed by atoms with van der Waals surface area (Å²) in [6.07, 6.45) is -4.48. The normalized spacial score (nSPS) is 24.8. The van der Waals surface area contributed by atoms with Crippen molar-refractivity contribution in [2.45, 2.75) is 71.3 Å². The van der Waals surface area contributed by atoms with E-state index >= 15 is 0 Å². The van der Waals surface area contributed by atoms with Crippen LogP contribution < -0.4 is 5.32 Å². The highest BCUT2D eigenvalue weighted by atomic mass is 32.2. The van der Waals surface area contributed by atoms with Crippen LogP contribution in [-0.4, -0.2) is 87.3 Å². The van der Waals surface area contributed by atoms with Gasteiger partial charge < -0.3 is 33.3 Å². The second kappa shape index (κ2) is 13.3. The van der Waals surface area contributed by atoms with E-state index in [1.165, 1.54) is 13.8 Å². The molecule has 0 aliphatic carbocycles. The largest absolute Gasteiger partial charge is 0.463 e. The summed E-state index contributed by atoms with van der Waals surface area (Å²) in [7, 11) is -8.76. The summed E-state index contributed by atoms with van der Waals surface area (Å²) in [5.41, 5.74) is -3.11. The number of sulfone groups is 1. The molecule has 1 aliphatic rings. The van der Waals surface area contributed by atoms with E-state index in [0.29, 0.717) is 0 Å². The lowest BCUT2D eigenvalue weighted by Crippen LogP contribution is -2.67. The average molecular weight is 546 g/mol. The van der Waals surface area contributed by atoms with Gasteiger partial charge in [0.2, 0.25) is 5.91 Å². The molecule has 0 radical (unpaired) electrons. The van der Waals surface area contributed by atoms with E-state index < -0.39 is 83.1 Å². The number of ether oxygens (including phenoxy) is 4. The molecule has 1 aliphatic heterocycles. The van der Waals surface area contributed by atoms with Gasteiger partial charge in [0.15, 0.2) is 33.0 Å². The lowest BCUT2D eigenvalue weighted by molar-refractivity contribution is -0.212. The van der Waals surface area contributed by atoms with Gasteiger partial charge in [-0.2, -0.15) is 0 Å². The van der Waals surface area contributed by atoms with E-state index in [1.54, 1.807) is 0 Å². The molecule has 0 aromatic carbocycles. The number of hydrogen-bond donors (Lipinski definition) is 1. The Balaban J connectivity index is 3.61. The van der Waals surface area contributed by atoms with Crippen LogP contribution in [0.3, 0.4) is 0 Å². The maximum absolute atomic E-state index is 13.4. The molecule has 1 amide bonds. The van der Waals surface area contributed by atoms with Gasteiger partial charge >= 0.3 is 25.5 Å². The molecule has 1 rings (SSSR count). The summed E-state index contributed by atoms with van der Waals surface area (Å²) in [5, 5.41) is 2.34. The van der Waals surface area contributed by atoms with Gasteiger partial charge in [-0.1, -0.05) is 0 Å². The van der Waals surface area contributed by atoms with Gasteiger partial charge in [-0.3, -0.25) is 23.7 Å². The van der Waals surface area contributed by atoms with Crippen molar-refractivity contribution in [2.75, 3.05) is 25.3 Å². The molecule has 1 saturated heterocycles. The first-order chi connectivity index (χ1) is 16.2. The molecule has 1 N–H and O–H groups in total. The fourth-order valence-corrected chi connectivity index (χ4v) is 8.19. The quantitative estimate of drug-likeness (QED) is 0.200. The molecule has 0 unspecified atom stereocenters. The minimum Gasteiger partial charge on any atom is -0.463 e. The standard InChI is InChI=1S/C19H32NO13PS/c1-7-29-34(25,30-8-2)10-35(26,27)19-16(20-11(3)21)18(32-14(6)24)17(31-13(5)23)15(33-19)9-28-12(4)22/h15-19H,7-10H2,1-6H3,(H,20,21)/t15-,16-,17-,18-,19+/m1/s1. The molecule has 0 spiro atoms. The summed E-state index contributed by atoms with van der Waals surface area (Å²) < 4.78 is 71.0. The van der Waals surface area contributed by atoms with E-state index in [2.05, 4.69) is 5.32 Å². The van der Waals surface area contributed by atoms with E-state index in [4.69, 9.17) is 28.0 Å². The molecule has 0 aromatic heterocycles. The number of carbonyl (C=O) groups is 4. The van der Waals surface area contributed by atoms with Crippen LogP contribution in [0.25, 0.3) is 0 Å². The molecule has 35 heavy (non-hydrogen) atoms. The molecule has 1 heterocycles. The number of carbonyl (C=O) groups excluding carboxylic acids is 4. The lowest BCUT2D eigenvalue weighted by atomic mass is 9.97. The fraction of sp³-hybridized carbons (Fsp3) is 0.789. The summed E-state index contributed by atoms with van der Waals surface area (Å²) in [6.45, 7) is 6.39. The SMILES string of the molecule is CCOP(=O)(CS(=O)(=O)[C@@H]1O[C@H](COC(C)=O)[C@@H](OC(C)=O)[C@H](OC(C)=O)[C@H]1NC(C)=O)OCC. The minimum atomic E-state index is -4.59. The van der Waals surface area contributed by atoms with Gasteiger partial charge in [0.1, 0.15) is 18.8 Å². The van der Waals surface area contributed by atoms with Crippen molar-refractivity contribution in [3.8, 4) is 0 Å². The minimum absolute atomic E-state index is 0.118. The smallest absolute Gasteiger partial charge is 0.345 e. The molecule has 14 nitrogen and oxygen atoms in total. The maximum Gasteiger partial charge on any atom is 0.345 e. The Kier molecular flexibility index (Phi) is 11.8. The molecule has 16 heteroatoms. The zero-order valence-corrected chi connectivity index (χ0v) is 22.1. The highest BCUT2D eigenvalue weighted by Gasteiger charge is 2.56. The second-order valence-corrected chi connectivity index (χ2v) is 12.0. The Morgan fingerprint density at radius 3 is 1.83 bits per heavy atom.